The molecule has 2 N–H and O–H groups in total. The molecule has 1 fully saturated rings. The van der Waals surface area contributed by atoms with Gasteiger partial charge in [0.25, 0.3) is 0 Å². The van der Waals surface area contributed by atoms with Crippen LogP contribution in [0.2, 0.25) is 0 Å². The summed E-state index contributed by atoms with van der Waals surface area (Å²) < 4.78 is 27.3. The third-order valence-electron chi connectivity index (χ3n) is 3.72. The third-order valence-corrected chi connectivity index (χ3v) is 5.11. The highest BCUT2D eigenvalue weighted by molar-refractivity contribution is 7.89. The van der Waals surface area contributed by atoms with Gasteiger partial charge >= 0.3 is 0 Å². The van der Waals surface area contributed by atoms with E-state index in [0.29, 0.717) is 24.0 Å². The topological polar surface area (TPSA) is 58.2 Å². The van der Waals surface area contributed by atoms with Gasteiger partial charge in [0.15, 0.2) is 0 Å². The molecule has 0 saturated heterocycles. The van der Waals surface area contributed by atoms with Crippen LogP contribution in [-0.4, -0.2) is 21.0 Å². The normalized spacial score (nSPS) is 17.4. The summed E-state index contributed by atoms with van der Waals surface area (Å²) >= 11 is 0. The number of nitrogens with one attached hydrogen (secondary N) is 2. The molecule has 5 heteroatoms. The maximum absolute atomic E-state index is 12.3. The van der Waals surface area contributed by atoms with E-state index in [4.69, 9.17) is 0 Å². The maximum atomic E-state index is 12.3. The van der Waals surface area contributed by atoms with Crippen molar-refractivity contribution in [2.45, 2.75) is 51.1 Å². The zero-order chi connectivity index (χ0) is 14.8. The van der Waals surface area contributed by atoms with Crippen LogP contribution in [-0.2, 0) is 16.6 Å². The highest BCUT2D eigenvalue weighted by Gasteiger charge is 2.38. The van der Waals surface area contributed by atoms with Gasteiger partial charge in [-0.2, -0.15) is 0 Å². The van der Waals surface area contributed by atoms with E-state index in [0.717, 1.165) is 18.4 Å². The molecule has 0 amide bonds. The van der Waals surface area contributed by atoms with Crippen molar-refractivity contribution in [2.24, 2.45) is 5.41 Å². The Balaban J connectivity index is 2.04. The molecule has 0 spiro atoms. The zero-order valence-corrected chi connectivity index (χ0v) is 13.3. The van der Waals surface area contributed by atoms with Gasteiger partial charge in [0, 0.05) is 19.1 Å². The Morgan fingerprint density at radius 3 is 2.60 bits per heavy atom. The monoisotopic (exact) mass is 296 g/mol. The highest BCUT2D eigenvalue weighted by Crippen LogP contribution is 2.44. The SMILES string of the molecule is CC(C)NCc1cccc(S(=O)(=O)NCC2(C)CC2)c1. The average Bonchev–Trinajstić information content (AvgIpc) is 3.13. The second kappa shape index (κ2) is 5.84. The molecular weight excluding hydrogens is 272 g/mol. The standard InChI is InChI=1S/C15H24N2O2S/c1-12(2)16-10-13-5-4-6-14(9-13)20(18,19)17-11-15(3)7-8-15/h4-6,9,12,16-17H,7-8,10-11H2,1-3H3. The first-order valence-electron chi connectivity index (χ1n) is 7.13. The molecule has 1 aromatic carbocycles. The molecule has 1 saturated carbocycles. The van der Waals surface area contributed by atoms with Gasteiger partial charge in [-0.3, -0.25) is 0 Å². The molecule has 1 aromatic rings. The summed E-state index contributed by atoms with van der Waals surface area (Å²) in [6.07, 6.45) is 2.21. The van der Waals surface area contributed by atoms with Crippen LogP contribution in [0.15, 0.2) is 29.2 Å². The fraction of sp³-hybridized carbons (Fsp3) is 0.600. The van der Waals surface area contributed by atoms with Gasteiger partial charge in [0.1, 0.15) is 0 Å². The van der Waals surface area contributed by atoms with Crippen molar-refractivity contribution in [1.82, 2.24) is 10.0 Å². The van der Waals surface area contributed by atoms with Crippen LogP contribution < -0.4 is 10.0 Å². The lowest BCUT2D eigenvalue weighted by Crippen LogP contribution is -2.29. The van der Waals surface area contributed by atoms with E-state index in [1.807, 2.05) is 6.07 Å². The Kier molecular flexibility index (Phi) is 4.52. The van der Waals surface area contributed by atoms with Crippen molar-refractivity contribution in [1.29, 1.82) is 0 Å². The van der Waals surface area contributed by atoms with Gasteiger partial charge in [-0.15, -0.1) is 0 Å². The molecule has 1 aliphatic rings. The van der Waals surface area contributed by atoms with E-state index in [2.05, 4.69) is 30.8 Å². The Morgan fingerprint density at radius 2 is 2.00 bits per heavy atom. The molecule has 0 unspecified atom stereocenters. The summed E-state index contributed by atoms with van der Waals surface area (Å²) in [7, 11) is -3.39. The Morgan fingerprint density at radius 1 is 1.30 bits per heavy atom. The van der Waals surface area contributed by atoms with Crippen molar-refractivity contribution < 1.29 is 8.42 Å². The van der Waals surface area contributed by atoms with Crippen molar-refractivity contribution in [2.75, 3.05) is 6.54 Å². The summed E-state index contributed by atoms with van der Waals surface area (Å²) in [4.78, 5) is 0.352. The summed E-state index contributed by atoms with van der Waals surface area (Å²) in [5.41, 5.74) is 1.16. The smallest absolute Gasteiger partial charge is 0.240 e. The average molecular weight is 296 g/mol. The first-order chi connectivity index (χ1) is 9.31. The van der Waals surface area contributed by atoms with Crippen molar-refractivity contribution in [3.05, 3.63) is 29.8 Å². The van der Waals surface area contributed by atoms with Crippen molar-refractivity contribution >= 4 is 10.0 Å². The second-order valence-electron chi connectivity index (χ2n) is 6.32. The Labute approximate surface area is 122 Å². The summed E-state index contributed by atoms with van der Waals surface area (Å²) in [5.74, 6) is 0. The third kappa shape index (κ3) is 4.30. The largest absolute Gasteiger partial charge is 0.310 e. The lowest BCUT2D eigenvalue weighted by atomic mass is 10.2. The van der Waals surface area contributed by atoms with E-state index >= 15 is 0 Å². The molecule has 0 heterocycles. The first kappa shape index (κ1) is 15.5. The van der Waals surface area contributed by atoms with Gasteiger partial charge in [-0.1, -0.05) is 32.9 Å². The Bertz CT molecular complexity index is 563. The van der Waals surface area contributed by atoms with Crippen LogP contribution in [0, 0.1) is 5.41 Å². The molecular formula is C15H24N2O2S. The van der Waals surface area contributed by atoms with Gasteiger partial charge in [0.2, 0.25) is 10.0 Å². The van der Waals surface area contributed by atoms with Gasteiger partial charge in [-0.05, 0) is 36.0 Å². The van der Waals surface area contributed by atoms with E-state index in [1.165, 1.54) is 0 Å². The predicted molar refractivity (Wildman–Crippen MR) is 80.9 cm³/mol. The number of sulfonamides is 1. The molecule has 2 rings (SSSR count). The first-order valence-corrected chi connectivity index (χ1v) is 8.61. The maximum Gasteiger partial charge on any atom is 0.240 e. The molecule has 20 heavy (non-hydrogen) atoms. The predicted octanol–water partition coefficient (Wildman–Crippen LogP) is 2.26. The zero-order valence-electron chi connectivity index (χ0n) is 12.4. The second-order valence-corrected chi connectivity index (χ2v) is 8.09. The van der Waals surface area contributed by atoms with E-state index in [9.17, 15) is 8.42 Å². The lowest BCUT2D eigenvalue weighted by molar-refractivity contribution is 0.530. The minimum Gasteiger partial charge on any atom is -0.310 e. The highest BCUT2D eigenvalue weighted by atomic mass is 32.2. The van der Waals surface area contributed by atoms with Crippen LogP contribution in [0.1, 0.15) is 39.2 Å². The number of hydrogen-bond acceptors (Lipinski definition) is 3. The lowest BCUT2D eigenvalue weighted by Gasteiger charge is -2.12. The van der Waals surface area contributed by atoms with Crippen LogP contribution >= 0.6 is 0 Å². The fourth-order valence-corrected chi connectivity index (χ4v) is 3.16. The molecule has 1 aliphatic carbocycles. The Hall–Kier alpha value is -0.910. The number of hydrogen-bond donors (Lipinski definition) is 2. The van der Waals surface area contributed by atoms with E-state index < -0.39 is 10.0 Å². The fourth-order valence-electron chi connectivity index (χ4n) is 1.89. The van der Waals surface area contributed by atoms with Crippen molar-refractivity contribution in [3.63, 3.8) is 0 Å². The van der Waals surface area contributed by atoms with Crippen LogP contribution in [0.4, 0.5) is 0 Å². The van der Waals surface area contributed by atoms with E-state index in [1.54, 1.807) is 18.2 Å². The van der Waals surface area contributed by atoms with Crippen LogP contribution in [0.3, 0.4) is 0 Å². The molecule has 112 valence electrons. The minimum atomic E-state index is -3.39. The summed E-state index contributed by atoms with van der Waals surface area (Å²) in [6.45, 7) is 7.46. The van der Waals surface area contributed by atoms with Gasteiger partial charge < -0.3 is 5.32 Å². The molecule has 0 aliphatic heterocycles. The summed E-state index contributed by atoms with van der Waals surface area (Å²) in [5, 5.41) is 3.29. The molecule has 0 aromatic heterocycles. The molecule has 0 bridgehead atoms. The van der Waals surface area contributed by atoms with Crippen LogP contribution in [0.25, 0.3) is 0 Å². The summed E-state index contributed by atoms with van der Waals surface area (Å²) in [6, 6.07) is 7.51. The quantitative estimate of drug-likeness (QED) is 0.811. The molecule has 0 atom stereocenters. The van der Waals surface area contributed by atoms with Crippen molar-refractivity contribution in [3.8, 4) is 0 Å². The molecule has 0 radical (unpaired) electrons. The molecule has 4 nitrogen and oxygen atoms in total. The number of benzene rings is 1. The number of rotatable bonds is 7. The van der Waals surface area contributed by atoms with Crippen LogP contribution in [0.5, 0.6) is 0 Å². The van der Waals surface area contributed by atoms with Gasteiger partial charge in [0.05, 0.1) is 4.90 Å². The van der Waals surface area contributed by atoms with Gasteiger partial charge in [-0.25, -0.2) is 13.1 Å². The van der Waals surface area contributed by atoms with E-state index in [-0.39, 0.29) is 5.41 Å². The minimum absolute atomic E-state index is 0.171.